The number of nitrogens with one attached hydrogen (secondary N) is 1. The molecule has 3 aromatic rings. The molecule has 0 bridgehead atoms. The Balaban J connectivity index is 2.00. The second-order valence-corrected chi connectivity index (χ2v) is 4.71. The Morgan fingerprint density at radius 3 is 2.79 bits per heavy atom. The highest BCUT2D eigenvalue weighted by atomic mass is 16.3. The van der Waals surface area contributed by atoms with E-state index in [-0.39, 0.29) is 6.04 Å². The van der Waals surface area contributed by atoms with E-state index in [1.54, 1.807) is 6.26 Å². The van der Waals surface area contributed by atoms with Gasteiger partial charge in [-0.3, -0.25) is 4.98 Å². The van der Waals surface area contributed by atoms with Crippen LogP contribution in [-0.4, -0.2) is 4.98 Å². The molecule has 2 aromatic heterocycles. The van der Waals surface area contributed by atoms with Crippen molar-refractivity contribution in [2.45, 2.75) is 19.9 Å². The molecule has 1 N–H and O–H groups in total. The van der Waals surface area contributed by atoms with Gasteiger partial charge in [-0.1, -0.05) is 18.2 Å². The molecule has 0 aliphatic carbocycles. The molecule has 19 heavy (non-hydrogen) atoms. The standard InChI is InChI=1S/C16H16N2O/c1-11-10-15(13-6-3-4-7-14(13)17-11)18-12(2)16-8-5-9-19-16/h3-10,12H,1-2H3,(H,17,18). The summed E-state index contributed by atoms with van der Waals surface area (Å²) in [5, 5.41) is 4.63. The van der Waals surface area contributed by atoms with Gasteiger partial charge in [0.2, 0.25) is 0 Å². The van der Waals surface area contributed by atoms with E-state index < -0.39 is 0 Å². The molecule has 3 rings (SSSR count). The van der Waals surface area contributed by atoms with Crippen LogP contribution < -0.4 is 5.32 Å². The lowest BCUT2D eigenvalue weighted by Gasteiger charge is -2.15. The molecule has 2 heterocycles. The molecule has 0 radical (unpaired) electrons. The number of para-hydroxylation sites is 1. The van der Waals surface area contributed by atoms with Crippen LogP contribution in [0.4, 0.5) is 5.69 Å². The number of hydrogen-bond acceptors (Lipinski definition) is 3. The molecule has 96 valence electrons. The molecule has 0 spiro atoms. The fraction of sp³-hybridized carbons (Fsp3) is 0.188. The summed E-state index contributed by atoms with van der Waals surface area (Å²) in [5.74, 6) is 0.929. The molecule has 0 saturated carbocycles. The van der Waals surface area contributed by atoms with Gasteiger partial charge in [0, 0.05) is 16.8 Å². The number of pyridine rings is 1. The van der Waals surface area contributed by atoms with Gasteiger partial charge < -0.3 is 9.73 Å². The Morgan fingerprint density at radius 2 is 2.00 bits per heavy atom. The van der Waals surface area contributed by atoms with Crippen LogP contribution in [0.1, 0.15) is 24.4 Å². The summed E-state index contributed by atoms with van der Waals surface area (Å²) in [7, 11) is 0. The molecule has 0 aliphatic rings. The number of benzene rings is 1. The molecule has 1 atom stereocenters. The number of furan rings is 1. The van der Waals surface area contributed by atoms with Crippen LogP contribution in [-0.2, 0) is 0 Å². The fourth-order valence-corrected chi connectivity index (χ4v) is 2.27. The minimum atomic E-state index is 0.125. The van der Waals surface area contributed by atoms with Gasteiger partial charge in [0.05, 0.1) is 17.8 Å². The van der Waals surface area contributed by atoms with Crippen LogP contribution in [0.2, 0.25) is 0 Å². The zero-order valence-electron chi connectivity index (χ0n) is 11.1. The van der Waals surface area contributed by atoms with Crippen molar-refractivity contribution >= 4 is 16.6 Å². The van der Waals surface area contributed by atoms with E-state index in [0.29, 0.717) is 0 Å². The van der Waals surface area contributed by atoms with Crippen molar-refractivity contribution in [3.05, 3.63) is 60.2 Å². The average molecular weight is 252 g/mol. The van der Waals surface area contributed by atoms with Gasteiger partial charge in [0.1, 0.15) is 5.76 Å². The maximum absolute atomic E-state index is 5.43. The monoisotopic (exact) mass is 252 g/mol. The molecule has 0 fully saturated rings. The van der Waals surface area contributed by atoms with E-state index in [4.69, 9.17) is 4.42 Å². The molecule has 3 heteroatoms. The quantitative estimate of drug-likeness (QED) is 0.754. The van der Waals surface area contributed by atoms with Crippen LogP contribution in [0.25, 0.3) is 10.9 Å². The number of nitrogens with zero attached hydrogens (tertiary/aromatic N) is 1. The molecule has 0 saturated heterocycles. The Labute approximate surface area is 112 Å². The van der Waals surface area contributed by atoms with Crippen LogP contribution >= 0.6 is 0 Å². The third-order valence-corrected chi connectivity index (χ3v) is 3.19. The maximum atomic E-state index is 5.43. The van der Waals surface area contributed by atoms with Crippen molar-refractivity contribution < 1.29 is 4.42 Å². The second kappa shape index (κ2) is 4.76. The lowest BCUT2D eigenvalue weighted by molar-refractivity contribution is 0.491. The normalized spacial score (nSPS) is 12.5. The molecule has 0 aliphatic heterocycles. The molecular formula is C16H16N2O. The van der Waals surface area contributed by atoms with Crippen molar-refractivity contribution in [3.8, 4) is 0 Å². The smallest absolute Gasteiger partial charge is 0.125 e. The Hall–Kier alpha value is -2.29. The van der Waals surface area contributed by atoms with Crippen LogP contribution in [0, 0.1) is 6.92 Å². The van der Waals surface area contributed by atoms with Gasteiger partial charge in [0.15, 0.2) is 0 Å². The molecular weight excluding hydrogens is 236 g/mol. The first kappa shape index (κ1) is 11.8. The van der Waals surface area contributed by atoms with Crippen LogP contribution in [0.3, 0.4) is 0 Å². The predicted molar refractivity (Wildman–Crippen MR) is 77.2 cm³/mol. The summed E-state index contributed by atoms with van der Waals surface area (Å²) in [5.41, 5.74) is 3.11. The van der Waals surface area contributed by atoms with Crippen molar-refractivity contribution in [1.82, 2.24) is 4.98 Å². The van der Waals surface area contributed by atoms with Gasteiger partial charge >= 0.3 is 0 Å². The maximum Gasteiger partial charge on any atom is 0.125 e. The fourth-order valence-electron chi connectivity index (χ4n) is 2.27. The molecule has 3 nitrogen and oxygen atoms in total. The zero-order valence-corrected chi connectivity index (χ0v) is 11.1. The third-order valence-electron chi connectivity index (χ3n) is 3.19. The largest absolute Gasteiger partial charge is 0.467 e. The molecule has 1 aromatic carbocycles. The summed E-state index contributed by atoms with van der Waals surface area (Å²) < 4.78 is 5.43. The lowest BCUT2D eigenvalue weighted by Crippen LogP contribution is -2.06. The van der Waals surface area contributed by atoms with E-state index in [1.807, 2.05) is 37.3 Å². The third kappa shape index (κ3) is 2.32. The van der Waals surface area contributed by atoms with Crippen molar-refractivity contribution in [2.24, 2.45) is 0 Å². The first-order valence-corrected chi connectivity index (χ1v) is 6.40. The minimum Gasteiger partial charge on any atom is -0.467 e. The topological polar surface area (TPSA) is 38.1 Å². The van der Waals surface area contributed by atoms with Gasteiger partial charge in [-0.15, -0.1) is 0 Å². The number of aryl methyl sites for hydroxylation is 1. The average Bonchev–Trinajstić information content (AvgIpc) is 2.92. The summed E-state index contributed by atoms with van der Waals surface area (Å²) >= 11 is 0. The lowest BCUT2D eigenvalue weighted by atomic mass is 10.1. The van der Waals surface area contributed by atoms with Gasteiger partial charge in [-0.2, -0.15) is 0 Å². The number of hydrogen-bond donors (Lipinski definition) is 1. The van der Waals surface area contributed by atoms with Gasteiger partial charge in [-0.05, 0) is 38.1 Å². The van der Waals surface area contributed by atoms with Crippen molar-refractivity contribution in [2.75, 3.05) is 5.32 Å². The SMILES string of the molecule is Cc1cc(NC(C)c2ccco2)c2ccccc2n1. The number of aromatic nitrogens is 1. The van der Waals surface area contributed by atoms with Crippen LogP contribution in [0.5, 0.6) is 0 Å². The van der Waals surface area contributed by atoms with Crippen LogP contribution in [0.15, 0.2) is 53.1 Å². The number of anilines is 1. The van der Waals surface area contributed by atoms with Crippen molar-refractivity contribution in [3.63, 3.8) is 0 Å². The van der Waals surface area contributed by atoms with Crippen molar-refractivity contribution in [1.29, 1.82) is 0 Å². The summed E-state index contributed by atoms with van der Waals surface area (Å²) in [4.78, 5) is 4.54. The first-order chi connectivity index (χ1) is 9.24. The Kier molecular flexibility index (Phi) is 2.95. The minimum absolute atomic E-state index is 0.125. The summed E-state index contributed by atoms with van der Waals surface area (Å²) in [6.07, 6.45) is 1.70. The highest BCUT2D eigenvalue weighted by Crippen LogP contribution is 2.27. The highest BCUT2D eigenvalue weighted by molar-refractivity contribution is 5.91. The summed E-state index contributed by atoms with van der Waals surface area (Å²) in [6.45, 7) is 4.10. The number of fused-ring (bicyclic) bond motifs is 1. The number of rotatable bonds is 3. The van der Waals surface area contributed by atoms with Gasteiger partial charge in [-0.25, -0.2) is 0 Å². The second-order valence-electron chi connectivity index (χ2n) is 4.71. The molecule has 1 unspecified atom stereocenters. The Morgan fingerprint density at radius 1 is 1.16 bits per heavy atom. The predicted octanol–water partition coefficient (Wildman–Crippen LogP) is 4.31. The summed E-state index contributed by atoms with van der Waals surface area (Å²) in [6, 6.07) is 14.2. The zero-order chi connectivity index (χ0) is 13.2. The van der Waals surface area contributed by atoms with E-state index in [0.717, 1.165) is 28.0 Å². The van der Waals surface area contributed by atoms with E-state index in [9.17, 15) is 0 Å². The van der Waals surface area contributed by atoms with E-state index in [2.05, 4.69) is 29.4 Å². The van der Waals surface area contributed by atoms with E-state index >= 15 is 0 Å². The molecule has 0 amide bonds. The highest BCUT2D eigenvalue weighted by Gasteiger charge is 2.10. The van der Waals surface area contributed by atoms with E-state index in [1.165, 1.54) is 0 Å². The Bertz CT molecular complexity index is 689. The van der Waals surface area contributed by atoms with Gasteiger partial charge in [0.25, 0.3) is 0 Å². The first-order valence-electron chi connectivity index (χ1n) is 6.40.